The van der Waals surface area contributed by atoms with Gasteiger partial charge < -0.3 is 10.3 Å². The van der Waals surface area contributed by atoms with E-state index in [0.29, 0.717) is 11.3 Å². The number of rotatable bonds is 4. The van der Waals surface area contributed by atoms with Gasteiger partial charge in [0.15, 0.2) is 0 Å². The second kappa shape index (κ2) is 7.15. The van der Waals surface area contributed by atoms with Crippen LogP contribution < -0.4 is 10.9 Å². The number of carbonyl (C=O) groups excluding carboxylic acids is 1. The van der Waals surface area contributed by atoms with E-state index in [-0.39, 0.29) is 11.5 Å². The summed E-state index contributed by atoms with van der Waals surface area (Å²) in [4.78, 5) is 28.5. The monoisotopic (exact) mass is 352 g/mol. The highest BCUT2D eigenvalue weighted by atomic mass is 32.2. The molecule has 0 radical (unpaired) electrons. The molecular weight excluding hydrogens is 332 g/mol. The number of aromatic amines is 1. The highest BCUT2D eigenvalue weighted by Gasteiger charge is 2.12. The molecule has 2 aromatic carbocycles. The molecule has 0 aliphatic heterocycles. The van der Waals surface area contributed by atoms with Crippen molar-refractivity contribution in [2.24, 2.45) is 0 Å². The number of thioether (sulfide) groups is 1. The third-order valence-corrected chi connectivity index (χ3v) is 5.22. The van der Waals surface area contributed by atoms with E-state index >= 15 is 0 Å². The summed E-state index contributed by atoms with van der Waals surface area (Å²) in [7, 11) is 0. The molecule has 0 spiro atoms. The molecule has 5 heteroatoms. The van der Waals surface area contributed by atoms with E-state index in [9.17, 15) is 9.59 Å². The van der Waals surface area contributed by atoms with Crippen molar-refractivity contribution in [1.82, 2.24) is 4.98 Å². The van der Waals surface area contributed by atoms with Gasteiger partial charge in [0.05, 0.1) is 11.1 Å². The molecule has 0 bridgehead atoms. The minimum Gasteiger partial charge on any atom is -0.322 e. The Kier molecular flexibility index (Phi) is 4.95. The zero-order valence-electron chi connectivity index (χ0n) is 14.5. The average Bonchev–Trinajstić information content (AvgIpc) is 2.60. The van der Waals surface area contributed by atoms with Crippen molar-refractivity contribution in [3.05, 3.63) is 69.5 Å². The molecule has 0 atom stereocenters. The zero-order chi connectivity index (χ0) is 18.0. The fourth-order valence-corrected chi connectivity index (χ4v) is 3.58. The molecule has 1 heterocycles. The van der Waals surface area contributed by atoms with Crippen molar-refractivity contribution < 1.29 is 4.79 Å². The largest absolute Gasteiger partial charge is 0.322 e. The predicted octanol–water partition coefficient (Wildman–Crippen LogP) is 4.51. The quantitative estimate of drug-likeness (QED) is 0.679. The Morgan fingerprint density at radius 3 is 2.64 bits per heavy atom. The first-order valence-electron chi connectivity index (χ1n) is 8.17. The van der Waals surface area contributed by atoms with E-state index < -0.39 is 0 Å². The number of aryl methyl sites for hydroxylation is 1. The Labute approximate surface area is 150 Å². The maximum atomic E-state index is 12.6. The van der Waals surface area contributed by atoms with Crippen LogP contribution >= 0.6 is 11.8 Å². The first-order chi connectivity index (χ1) is 12.0. The molecular formula is C20H20N2O2S. The number of hydrogen-bond acceptors (Lipinski definition) is 3. The van der Waals surface area contributed by atoms with E-state index in [1.165, 1.54) is 0 Å². The lowest BCUT2D eigenvalue weighted by molar-refractivity contribution is 0.102. The molecule has 3 rings (SSSR count). The molecule has 0 saturated carbocycles. The second-order valence-electron chi connectivity index (χ2n) is 5.85. The van der Waals surface area contributed by atoms with Gasteiger partial charge in [0.2, 0.25) is 0 Å². The molecule has 0 aliphatic rings. The number of fused-ring (bicyclic) bond motifs is 1. The van der Waals surface area contributed by atoms with Gasteiger partial charge in [-0.1, -0.05) is 25.1 Å². The molecule has 25 heavy (non-hydrogen) atoms. The number of anilines is 1. The minimum absolute atomic E-state index is 0.0989. The molecule has 0 aliphatic carbocycles. The van der Waals surface area contributed by atoms with Gasteiger partial charge in [0, 0.05) is 21.5 Å². The van der Waals surface area contributed by atoms with Crippen LogP contribution in [0.1, 0.15) is 28.4 Å². The van der Waals surface area contributed by atoms with Gasteiger partial charge in [-0.05, 0) is 49.4 Å². The SMILES string of the molecule is CCSc1ccccc1C(=O)Nc1ccc2c(C)c(C)c(=O)[nH]c2c1. The zero-order valence-corrected chi connectivity index (χ0v) is 15.3. The number of hydrogen-bond donors (Lipinski definition) is 2. The van der Waals surface area contributed by atoms with Gasteiger partial charge in [0.25, 0.3) is 11.5 Å². The van der Waals surface area contributed by atoms with Crippen LogP contribution in [0.4, 0.5) is 5.69 Å². The van der Waals surface area contributed by atoms with Gasteiger partial charge >= 0.3 is 0 Å². The van der Waals surface area contributed by atoms with Gasteiger partial charge in [0.1, 0.15) is 0 Å². The van der Waals surface area contributed by atoms with Crippen LogP contribution in [0.5, 0.6) is 0 Å². The van der Waals surface area contributed by atoms with E-state index in [4.69, 9.17) is 0 Å². The van der Waals surface area contributed by atoms with E-state index in [2.05, 4.69) is 17.2 Å². The van der Waals surface area contributed by atoms with Gasteiger partial charge in [-0.2, -0.15) is 0 Å². The van der Waals surface area contributed by atoms with Crippen molar-refractivity contribution in [3.8, 4) is 0 Å². The highest BCUT2D eigenvalue weighted by molar-refractivity contribution is 7.99. The normalized spacial score (nSPS) is 10.8. The van der Waals surface area contributed by atoms with Gasteiger partial charge in [-0.3, -0.25) is 9.59 Å². The van der Waals surface area contributed by atoms with Crippen molar-refractivity contribution in [3.63, 3.8) is 0 Å². The molecule has 128 valence electrons. The maximum absolute atomic E-state index is 12.6. The fourth-order valence-electron chi connectivity index (χ4n) is 2.77. The third kappa shape index (κ3) is 3.46. The van der Waals surface area contributed by atoms with E-state index in [1.807, 2.05) is 50.2 Å². The smallest absolute Gasteiger partial charge is 0.256 e. The summed E-state index contributed by atoms with van der Waals surface area (Å²) in [6.07, 6.45) is 0. The highest BCUT2D eigenvalue weighted by Crippen LogP contribution is 2.25. The molecule has 2 N–H and O–H groups in total. The van der Waals surface area contributed by atoms with Crippen LogP contribution in [0.25, 0.3) is 10.9 Å². The first kappa shape index (κ1) is 17.3. The number of carbonyl (C=O) groups is 1. The summed E-state index contributed by atoms with van der Waals surface area (Å²) in [5.41, 5.74) is 3.62. The predicted molar refractivity (Wildman–Crippen MR) is 105 cm³/mol. The Morgan fingerprint density at radius 1 is 1.12 bits per heavy atom. The number of aromatic nitrogens is 1. The molecule has 1 aromatic heterocycles. The lowest BCUT2D eigenvalue weighted by Crippen LogP contribution is -2.14. The average molecular weight is 352 g/mol. The summed E-state index contributed by atoms with van der Waals surface area (Å²) in [5, 5.41) is 3.91. The van der Waals surface area contributed by atoms with Crippen molar-refractivity contribution in [2.45, 2.75) is 25.7 Å². The molecule has 0 unspecified atom stereocenters. The molecule has 0 saturated heterocycles. The lowest BCUT2D eigenvalue weighted by Gasteiger charge is -2.11. The Morgan fingerprint density at radius 2 is 1.88 bits per heavy atom. The minimum atomic E-state index is -0.151. The number of pyridine rings is 1. The maximum Gasteiger partial charge on any atom is 0.256 e. The van der Waals surface area contributed by atoms with Crippen molar-refractivity contribution >= 4 is 34.3 Å². The molecule has 4 nitrogen and oxygen atoms in total. The van der Waals surface area contributed by atoms with Crippen LogP contribution in [0.15, 0.2) is 52.2 Å². The summed E-state index contributed by atoms with van der Waals surface area (Å²) < 4.78 is 0. The summed E-state index contributed by atoms with van der Waals surface area (Å²) in [5.74, 6) is 0.752. The van der Waals surface area contributed by atoms with E-state index in [0.717, 1.165) is 32.7 Å². The lowest BCUT2D eigenvalue weighted by atomic mass is 10.1. The number of nitrogens with one attached hydrogen (secondary N) is 2. The Balaban J connectivity index is 1.95. The number of benzene rings is 2. The van der Waals surface area contributed by atoms with Gasteiger partial charge in [-0.15, -0.1) is 11.8 Å². The standard InChI is InChI=1S/C20H20N2O2S/c1-4-25-18-8-6-5-7-16(18)20(24)21-14-9-10-15-12(2)13(3)19(23)22-17(15)11-14/h5-11H,4H2,1-3H3,(H,21,24)(H,22,23). The van der Waals surface area contributed by atoms with Crippen LogP contribution in [0.2, 0.25) is 0 Å². The topological polar surface area (TPSA) is 62.0 Å². The second-order valence-corrected chi connectivity index (χ2v) is 7.15. The first-order valence-corrected chi connectivity index (χ1v) is 9.16. The number of amides is 1. The van der Waals surface area contributed by atoms with Crippen LogP contribution in [0, 0.1) is 13.8 Å². The van der Waals surface area contributed by atoms with Gasteiger partial charge in [-0.25, -0.2) is 0 Å². The Bertz CT molecular complexity index is 1010. The fraction of sp³-hybridized carbons (Fsp3) is 0.200. The number of H-pyrrole nitrogens is 1. The molecule has 1 amide bonds. The summed E-state index contributed by atoms with van der Waals surface area (Å²) in [6, 6.07) is 13.2. The van der Waals surface area contributed by atoms with Crippen molar-refractivity contribution in [2.75, 3.05) is 11.1 Å². The molecule has 3 aromatic rings. The van der Waals surface area contributed by atoms with Crippen LogP contribution in [-0.4, -0.2) is 16.6 Å². The Hall–Kier alpha value is -2.53. The third-order valence-electron chi connectivity index (χ3n) is 4.26. The summed E-state index contributed by atoms with van der Waals surface area (Å²) >= 11 is 1.64. The van der Waals surface area contributed by atoms with E-state index in [1.54, 1.807) is 17.8 Å². The van der Waals surface area contributed by atoms with Crippen molar-refractivity contribution in [1.29, 1.82) is 0 Å². The molecule has 0 fully saturated rings. The van der Waals surface area contributed by atoms with Crippen LogP contribution in [0.3, 0.4) is 0 Å². The summed E-state index contributed by atoms with van der Waals surface area (Å²) in [6.45, 7) is 5.80. The van der Waals surface area contributed by atoms with Crippen LogP contribution in [-0.2, 0) is 0 Å².